The van der Waals surface area contributed by atoms with E-state index in [9.17, 15) is 4.79 Å². The molecule has 0 bridgehead atoms. The van der Waals surface area contributed by atoms with Gasteiger partial charge in [-0.1, -0.05) is 40.7 Å². The molecule has 0 unspecified atom stereocenters. The van der Waals surface area contributed by atoms with Crippen molar-refractivity contribution >= 4 is 5.91 Å². The maximum atomic E-state index is 12.3. The summed E-state index contributed by atoms with van der Waals surface area (Å²) in [5, 5.41) is 20.8. The van der Waals surface area contributed by atoms with Crippen LogP contribution in [0.4, 0.5) is 0 Å². The zero-order chi connectivity index (χ0) is 17.9. The third-order valence-corrected chi connectivity index (χ3v) is 4.36. The molecule has 9 heteroatoms. The molecule has 9 nitrogen and oxygen atoms in total. The molecule has 0 radical (unpaired) electrons. The Hall–Kier alpha value is -3.07. The summed E-state index contributed by atoms with van der Waals surface area (Å²) in [5.74, 6) is 1.03. The first-order valence-electron chi connectivity index (χ1n) is 8.40. The monoisotopic (exact) mass is 354 g/mol. The van der Waals surface area contributed by atoms with Crippen LogP contribution in [0.1, 0.15) is 24.0 Å². The Morgan fingerprint density at radius 3 is 2.81 bits per heavy atom. The number of rotatable bonds is 6. The van der Waals surface area contributed by atoms with Gasteiger partial charge >= 0.3 is 0 Å². The molecule has 26 heavy (non-hydrogen) atoms. The highest BCUT2D eigenvalue weighted by molar-refractivity contribution is 5.77. The molecule has 2 aromatic heterocycles. The molecule has 1 fully saturated rings. The van der Waals surface area contributed by atoms with Crippen molar-refractivity contribution in [2.75, 3.05) is 13.1 Å². The Labute approximate surface area is 149 Å². The number of carbonyl (C=O) groups is 1. The summed E-state index contributed by atoms with van der Waals surface area (Å²) < 4.78 is 6.92. The van der Waals surface area contributed by atoms with Crippen LogP contribution in [0, 0.1) is 0 Å². The number of aromatic nitrogens is 5. The van der Waals surface area contributed by atoms with Crippen LogP contribution < -0.4 is 0 Å². The third-order valence-electron chi connectivity index (χ3n) is 4.36. The Balaban J connectivity index is 1.27. The number of carbonyl (C=O) groups excluding carboxylic acids is 1. The Morgan fingerprint density at radius 1 is 1.27 bits per heavy atom. The SMILES string of the molecule is O=C(CCc1nc(-c2ccccc2)no1)N1CC(n2cc(CO)nn2)C1. The highest BCUT2D eigenvalue weighted by Crippen LogP contribution is 2.22. The predicted octanol–water partition coefficient (Wildman–Crippen LogP) is 0.836. The molecule has 4 rings (SSSR count). The molecule has 1 N–H and O–H groups in total. The number of aliphatic hydroxyl groups excluding tert-OH is 1. The topological polar surface area (TPSA) is 110 Å². The molecule has 0 atom stereocenters. The number of hydrogen-bond donors (Lipinski definition) is 1. The van der Waals surface area contributed by atoms with Gasteiger partial charge in [0.15, 0.2) is 0 Å². The van der Waals surface area contributed by atoms with Gasteiger partial charge in [0.05, 0.1) is 18.8 Å². The van der Waals surface area contributed by atoms with Crippen LogP contribution in [0.15, 0.2) is 41.1 Å². The van der Waals surface area contributed by atoms with E-state index in [1.54, 1.807) is 15.8 Å². The van der Waals surface area contributed by atoms with Crippen molar-refractivity contribution < 1.29 is 14.4 Å². The van der Waals surface area contributed by atoms with E-state index in [1.165, 1.54) is 0 Å². The lowest BCUT2D eigenvalue weighted by atomic mass is 10.1. The van der Waals surface area contributed by atoms with Gasteiger partial charge in [0.2, 0.25) is 17.6 Å². The molecular formula is C17H18N6O3. The lowest BCUT2D eigenvalue weighted by molar-refractivity contribution is -0.137. The van der Waals surface area contributed by atoms with E-state index in [4.69, 9.17) is 9.63 Å². The average molecular weight is 354 g/mol. The van der Waals surface area contributed by atoms with Crippen LogP contribution in [0.3, 0.4) is 0 Å². The van der Waals surface area contributed by atoms with Crippen molar-refractivity contribution in [3.8, 4) is 11.4 Å². The van der Waals surface area contributed by atoms with Crippen LogP contribution in [-0.2, 0) is 17.8 Å². The molecular weight excluding hydrogens is 336 g/mol. The minimum Gasteiger partial charge on any atom is -0.390 e. The molecule has 0 spiro atoms. The normalized spacial score (nSPS) is 14.4. The fourth-order valence-electron chi connectivity index (χ4n) is 2.82. The maximum Gasteiger partial charge on any atom is 0.227 e. The molecule has 3 heterocycles. The van der Waals surface area contributed by atoms with Crippen molar-refractivity contribution in [3.63, 3.8) is 0 Å². The van der Waals surface area contributed by atoms with Gasteiger partial charge in [-0.25, -0.2) is 4.68 Å². The Morgan fingerprint density at radius 2 is 2.08 bits per heavy atom. The summed E-state index contributed by atoms with van der Waals surface area (Å²) in [5.41, 5.74) is 1.41. The van der Waals surface area contributed by atoms with E-state index in [0.717, 1.165) is 5.56 Å². The number of benzene rings is 1. The number of aliphatic hydroxyl groups is 1. The van der Waals surface area contributed by atoms with Gasteiger partial charge in [-0.05, 0) is 0 Å². The second-order valence-corrected chi connectivity index (χ2v) is 6.18. The average Bonchev–Trinajstić information content (AvgIpc) is 3.29. The largest absolute Gasteiger partial charge is 0.390 e. The first-order chi connectivity index (χ1) is 12.7. The summed E-state index contributed by atoms with van der Waals surface area (Å²) in [6, 6.07) is 9.67. The van der Waals surface area contributed by atoms with Gasteiger partial charge in [0.1, 0.15) is 5.69 Å². The molecule has 3 aromatic rings. The number of likely N-dealkylation sites (tertiary alicyclic amines) is 1. The molecule has 134 valence electrons. The third kappa shape index (κ3) is 3.33. The molecule has 1 aromatic carbocycles. The number of aryl methyl sites for hydroxylation is 1. The van der Waals surface area contributed by atoms with E-state index in [-0.39, 0.29) is 18.6 Å². The Kier molecular flexibility index (Phi) is 4.44. The van der Waals surface area contributed by atoms with Gasteiger partial charge in [-0.2, -0.15) is 4.98 Å². The predicted molar refractivity (Wildman–Crippen MR) is 89.6 cm³/mol. The quantitative estimate of drug-likeness (QED) is 0.698. The van der Waals surface area contributed by atoms with Gasteiger partial charge in [-0.3, -0.25) is 4.79 Å². The van der Waals surface area contributed by atoms with E-state index in [0.29, 0.717) is 43.3 Å². The van der Waals surface area contributed by atoms with Crippen LogP contribution in [-0.4, -0.2) is 54.1 Å². The molecule has 1 aliphatic heterocycles. The first kappa shape index (κ1) is 16.4. The highest BCUT2D eigenvalue weighted by Gasteiger charge is 2.32. The number of hydrogen-bond acceptors (Lipinski definition) is 7. The molecule has 0 aliphatic carbocycles. The summed E-state index contributed by atoms with van der Waals surface area (Å²) in [4.78, 5) is 18.4. The van der Waals surface area contributed by atoms with E-state index in [1.807, 2.05) is 30.3 Å². The second-order valence-electron chi connectivity index (χ2n) is 6.18. The second kappa shape index (κ2) is 7.04. The van der Waals surface area contributed by atoms with Gasteiger partial charge in [0.25, 0.3) is 0 Å². The standard InChI is InChI=1S/C17H18N6O3/c24-11-13-8-23(21-19-13)14-9-22(10-14)16(25)7-6-15-18-17(20-26-15)12-4-2-1-3-5-12/h1-5,8,14,24H,6-7,9-11H2. The van der Waals surface area contributed by atoms with Crippen molar-refractivity contribution in [1.82, 2.24) is 30.0 Å². The van der Waals surface area contributed by atoms with Crippen molar-refractivity contribution in [1.29, 1.82) is 0 Å². The molecule has 0 saturated carbocycles. The zero-order valence-corrected chi connectivity index (χ0v) is 14.0. The maximum absolute atomic E-state index is 12.3. The van der Waals surface area contributed by atoms with Crippen LogP contribution in [0.25, 0.3) is 11.4 Å². The Bertz CT molecular complexity index is 885. The van der Waals surface area contributed by atoms with E-state index >= 15 is 0 Å². The van der Waals surface area contributed by atoms with Crippen LogP contribution >= 0.6 is 0 Å². The van der Waals surface area contributed by atoms with E-state index in [2.05, 4.69) is 20.5 Å². The van der Waals surface area contributed by atoms with Crippen LogP contribution in [0.5, 0.6) is 0 Å². The summed E-state index contributed by atoms with van der Waals surface area (Å²) in [7, 11) is 0. The summed E-state index contributed by atoms with van der Waals surface area (Å²) in [6.45, 7) is 1.04. The van der Waals surface area contributed by atoms with Crippen molar-refractivity contribution in [3.05, 3.63) is 48.1 Å². The van der Waals surface area contributed by atoms with E-state index < -0.39 is 0 Å². The minimum atomic E-state index is -0.134. The fourth-order valence-corrected chi connectivity index (χ4v) is 2.82. The van der Waals surface area contributed by atoms with Gasteiger partial charge in [-0.15, -0.1) is 5.10 Å². The van der Waals surface area contributed by atoms with Gasteiger partial charge in [0, 0.05) is 31.5 Å². The minimum absolute atomic E-state index is 0.0446. The van der Waals surface area contributed by atoms with Crippen LogP contribution in [0.2, 0.25) is 0 Å². The van der Waals surface area contributed by atoms with Crippen molar-refractivity contribution in [2.24, 2.45) is 0 Å². The number of amides is 1. The lowest BCUT2D eigenvalue weighted by Gasteiger charge is -2.38. The molecule has 1 amide bonds. The first-order valence-corrected chi connectivity index (χ1v) is 8.40. The summed E-state index contributed by atoms with van der Waals surface area (Å²) >= 11 is 0. The molecule has 1 aliphatic rings. The lowest BCUT2D eigenvalue weighted by Crippen LogP contribution is -2.51. The number of nitrogens with zero attached hydrogens (tertiary/aromatic N) is 6. The highest BCUT2D eigenvalue weighted by atomic mass is 16.5. The summed E-state index contributed by atoms with van der Waals surface area (Å²) in [6.07, 6.45) is 2.44. The zero-order valence-electron chi connectivity index (χ0n) is 14.0. The van der Waals surface area contributed by atoms with Crippen molar-refractivity contribution in [2.45, 2.75) is 25.5 Å². The fraction of sp³-hybridized carbons (Fsp3) is 0.353. The molecule has 1 saturated heterocycles. The smallest absolute Gasteiger partial charge is 0.227 e. The van der Waals surface area contributed by atoms with Gasteiger partial charge < -0.3 is 14.5 Å².